The minimum Gasteiger partial charge on any atom is -0.397 e. The molecule has 19 heavy (non-hydrogen) atoms. The van der Waals surface area contributed by atoms with Crippen molar-refractivity contribution in [3.63, 3.8) is 0 Å². The van der Waals surface area contributed by atoms with Gasteiger partial charge in [0.15, 0.2) is 0 Å². The van der Waals surface area contributed by atoms with E-state index in [0.29, 0.717) is 35.1 Å². The number of hydrogen-bond donors (Lipinski definition) is 2. The maximum atomic E-state index is 8.30. The van der Waals surface area contributed by atoms with E-state index in [-0.39, 0.29) is 0 Å². The summed E-state index contributed by atoms with van der Waals surface area (Å²) in [7, 11) is 0. The van der Waals surface area contributed by atoms with Crippen molar-refractivity contribution in [3.05, 3.63) is 40.4 Å². The first-order valence-corrected chi connectivity index (χ1v) is 6.49. The summed E-state index contributed by atoms with van der Waals surface area (Å²) in [6, 6.07) is 5.36. The van der Waals surface area contributed by atoms with E-state index in [1.807, 2.05) is 12.1 Å². The van der Waals surface area contributed by atoms with Gasteiger partial charge < -0.3 is 5.73 Å². The van der Waals surface area contributed by atoms with E-state index in [0.717, 1.165) is 18.5 Å². The molecule has 1 aromatic carbocycles. The Kier molecular flexibility index (Phi) is 4.26. The topological polar surface area (TPSA) is 53.1 Å². The molecule has 4 heteroatoms. The average Bonchev–Trinajstić information content (AvgIpc) is 2.42. The third-order valence-corrected chi connectivity index (χ3v) is 3.52. The molecular formula is C15H16ClN3. The summed E-state index contributed by atoms with van der Waals surface area (Å²) >= 11 is 6.00. The second kappa shape index (κ2) is 5.92. The van der Waals surface area contributed by atoms with Crippen molar-refractivity contribution < 1.29 is 0 Å². The molecular weight excluding hydrogens is 258 g/mol. The van der Waals surface area contributed by atoms with Crippen molar-refractivity contribution in [3.8, 4) is 12.3 Å². The maximum absolute atomic E-state index is 8.30. The summed E-state index contributed by atoms with van der Waals surface area (Å²) in [5.41, 5.74) is 8.47. The molecule has 0 aliphatic carbocycles. The Bertz CT molecular complexity index is 569. The minimum absolute atomic E-state index is 0.432. The number of rotatable bonds is 3. The molecule has 1 heterocycles. The van der Waals surface area contributed by atoms with Gasteiger partial charge >= 0.3 is 0 Å². The molecule has 0 saturated heterocycles. The zero-order valence-electron chi connectivity index (χ0n) is 10.6. The zero-order valence-corrected chi connectivity index (χ0v) is 11.4. The summed E-state index contributed by atoms with van der Waals surface area (Å²) in [5.74, 6) is 2.64. The van der Waals surface area contributed by atoms with Crippen LogP contribution >= 0.6 is 11.6 Å². The number of halogens is 1. The normalized spacial score (nSPS) is 15.7. The molecule has 0 fully saturated rings. The Morgan fingerprint density at radius 2 is 2.32 bits per heavy atom. The highest BCUT2D eigenvalue weighted by Gasteiger charge is 2.18. The maximum Gasteiger partial charge on any atom is 0.0675 e. The monoisotopic (exact) mass is 273 g/mol. The number of terminal acetylenes is 1. The predicted octanol–water partition coefficient (Wildman–Crippen LogP) is 2.56. The number of hydrogen-bond acceptors (Lipinski definition) is 3. The molecule has 2 rings (SSSR count). The number of nitrogens with zero attached hydrogens (tertiary/aromatic N) is 1. The van der Waals surface area contributed by atoms with Crippen molar-refractivity contribution in [2.24, 2.45) is 0 Å². The summed E-state index contributed by atoms with van der Waals surface area (Å²) in [6.45, 7) is 2.23. The van der Waals surface area contributed by atoms with Gasteiger partial charge in [0.05, 0.1) is 23.0 Å². The number of nitrogen functional groups attached to an aromatic ring is 1. The lowest BCUT2D eigenvalue weighted by Crippen LogP contribution is -2.32. The van der Waals surface area contributed by atoms with E-state index in [1.165, 1.54) is 0 Å². The fraction of sp³-hybridized carbons (Fsp3) is 0.267. The minimum atomic E-state index is 0.432. The molecule has 0 saturated carbocycles. The quantitative estimate of drug-likeness (QED) is 0.505. The van der Waals surface area contributed by atoms with Crippen LogP contribution in [0.15, 0.2) is 29.8 Å². The van der Waals surface area contributed by atoms with Gasteiger partial charge in [0, 0.05) is 18.7 Å². The van der Waals surface area contributed by atoms with Gasteiger partial charge in [0.1, 0.15) is 0 Å². The largest absolute Gasteiger partial charge is 0.397 e. The fourth-order valence-corrected chi connectivity index (χ4v) is 2.35. The second-order valence-electron chi connectivity index (χ2n) is 4.51. The molecule has 0 amide bonds. The van der Waals surface area contributed by atoms with Gasteiger partial charge in [-0.25, -0.2) is 0 Å². The fourth-order valence-electron chi connectivity index (χ4n) is 2.18. The van der Waals surface area contributed by atoms with Crippen LogP contribution in [0, 0.1) is 17.8 Å². The van der Waals surface area contributed by atoms with Crippen molar-refractivity contribution in [2.75, 3.05) is 25.4 Å². The van der Waals surface area contributed by atoms with E-state index in [4.69, 9.17) is 29.2 Å². The van der Waals surface area contributed by atoms with Gasteiger partial charge in [0.2, 0.25) is 0 Å². The van der Waals surface area contributed by atoms with Crippen molar-refractivity contribution in [1.29, 1.82) is 5.41 Å². The molecule has 0 spiro atoms. The van der Waals surface area contributed by atoms with Crippen LogP contribution in [0.5, 0.6) is 0 Å². The van der Waals surface area contributed by atoms with Crippen LogP contribution in [0.4, 0.5) is 5.69 Å². The number of para-hydroxylation sites is 1. The summed E-state index contributed by atoms with van der Waals surface area (Å²) in [4.78, 5) is 2.14. The number of benzene rings is 1. The molecule has 1 aromatic rings. The molecule has 1 aliphatic rings. The third kappa shape index (κ3) is 2.98. The van der Waals surface area contributed by atoms with E-state index in [9.17, 15) is 0 Å². The third-order valence-electron chi connectivity index (χ3n) is 3.19. The lowest BCUT2D eigenvalue weighted by Gasteiger charge is -2.26. The summed E-state index contributed by atoms with van der Waals surface area (Å²) in [5, 5.41) is 8.78. The highest BCUT2D eigenvalue weighted by molar-refractivity contribution is 6.34. The average molecular weight is 274 g/mol. The Hall–Kier alpha value is -1.76. The first-order chi connectivity index (χ1) is 9.13. The van der Waals surface area contributed by atoms with E-state index >= 15 is 0 Å². The standard InChI is InChI=1S/C15H16ClN3/c1-2-8-19-9-4-5-11(10-19)14(17)12-6-3-7-13(16)15(12)18/h1,3,5-7,17H,4,8-10,18H2. The number of anilines is 1. The lowest BCUT2D eigenvalue weighted by molar-refractivity contribution is 0.331. The van der Waals surface area contributed by atoms with Gasteiger partial charge in [-0.05, 0) is 18.1 Å². The number of nitrogens with two attached hydrogens (primary N) is 1. The van der Waals surface area contributed by atoms with Gasteiger partial charge in [-0.15, -0.1) is 6.42 Å². The Morgan fingerprint density at radius 3 is 3.05 bits per heavy atom. The SMILES string of the molecule is C#CCN1CCC=C(C(=N)c2cccc(Cl)c2N)C1. The Balaban J connectivity index is 2.23. The second-order valence-corrected chi connectivity index (χ2v) is 4.92. The van der Waals surface area contributed by atoms with Crippen molar-refractivity contribution in [2.45, 2.75) is 6.42 Å². The molecule has 0 aromatic heterocycles. The first kappa shape index (κ1) is 13.7. The van der Waals surface area contributed by atoms with Crippen LogP contribution in [0.1, 0.15) is 12.0 Å². The zero-order chi connectivity index (χ0) is 13.8. The van der Waals surface area contributed by atoms with Crippen molar-refractivity contribution >= 4 is 23.0 Å². The first-order valence-electron chi connectivity index (χ1n) is 6.11. The molecule has 3 N–H and O–H groups in total. The van der Waals surface area contributed by atoms with E-state index < -0.39 is 0 Å². The highest BCUT2D eigenvalue weighted by Crippen LogP contribution is 2.25. The van der Waals surface area contributed by atoms with Crippen LogP contribution in [0.25, 0.3) is 0 Å². The lowest BCUT2D eigenvalue weighted by atomic mass is 9.97. The highest BCUT2D eigenvalue weighted by atomic mass is 35.5. The van der Waals surface area contributed by atoms with Crippen LogP contribution in [-0.4, -0.2) is 30.2 Å². The van der Waals surface area contributed by atoms with Crippen LogP contribution in [0.2, 0.25) is 5.02 Å². The van der Waals surface area contributed by atoms with Gasteiger partial charge in [-0.2, -0.15) is 0 Å². The van der Waals surface area contributed by atoms with Gasteiger partial charge in [-0.1, -0.05) is 35.7 Å². The van der Waals surface area contributed by atoms with Crippen LogP contribution in [-0.2, 0) is 0 Å². The molecule has 0 unspecified atom stereocenters. The van der Waals surface area contributed by atoms with Crippen LogP contribution < -0.4 is 5.73 Å². The predicted molar refractivity (Wildman–Crippen MR) is 80.7 cm³/mol. The van der Waals surface area contributed by atoms with Crippen LogP contribution in [0.3, 0.4) is 0 Å². The van der Waals surface area contributed by atoms with Gasteiger partial charge in [-0.3, -0.25) is 10.3 Å². The molecule has 0 bridgehead atoms. The van der Waals surface area contributed by atoms with Crippen molar-refractivity contribution in [1.82, 2.24) is 4.90 Å². The molecule has 0 atom stereocenters. The smallest absolute Gasteiger partial charge is 0.0675 e. The molecule has 0 radical (unpaired) electrons. The Labute approximate surface area is 118 Å². The Morgan fingerprint density at radius 1 is 1.53 bits per heavy atom. The van der Waals surface area contributed by atoms with Gasteiger partial charge in [0.25, 0.3) is 0 Å². The van der Waals surface area contributed by atoms with E-state index in [1.54, 1.807) is 6.07 Å². The molecule has 98 valence electrons. The summed E-state index contributed by atoms with van der Waals surface area (Å²) in [6.07, 6.45) is 8.32. The molecule has 1 aliphatic heterocycles. The van der Waals surface area contributed by atoms with E-state index in [2.05, 4.69) is 16.9 Å². The molecule has 3 nitrogen and oxygen atoms in total. The summed E-state index contributed by atoms with van der Waals surface area (Å²) < 4.78 is 0. The number of nitrogens with one attached hydrogen (secondary N) is 1.